The first kappa shape index (κ1) is 14.5. The summed E-state index contributed by atoms with van der Waals surface area (Å²) in [5, 5.41) is 2.68. The number of hydrogen-bond acceptors (Lipinski definition) is 5. The lowest BCUT2D eigenvalue weighted by Crippen LogP contribution is -2.38. The van der Waals surface area contributed by atoms with Crippen LogP contribution < -0.4 is 10.1 Å². The standard InChI is InChI=1S/C17H20N2O4/c20-15(18-14-7-8-22-17(14)21)13-6-5-12(11-3-4-11)16(19-13)23-9-10-1-2-10/h5-6,10-11,14H,1-4,7-9H2,(H,18,20)/t14-/m0/s1. The van der Waals surface area contributed by atoms with Crippen molar-refractivity contribution in [1.29, 1.82) is 0 Å². The molecule has 122 valence electrons. The van der Waals surface area contributed by atoms with Gasteiger partial charge >= 0.3 is 5.97 Å². The molecule has 6 nitrogen and oxygen atoms in total. The third-order valence-corrected chi connectivity index (χ3v) is 4.53. The zero-order valence-electron chi connectivity index (χ0n) is 12.9. The molecule has 0 aromatic carbocycles. The Labute approximate surface area is 134 Å². The van der Waals surface area contributed by atoms with Crippen LogP contribution in [0.5, 0.6) is 5.88 Å². The lowest BCUT2D eigenvalue weighted by Gasteiger charge is -2.13. The average molecular weight is 316 g/mol. The summed E-state index contributed by atoms with van der Waals surface area (Å²) in [6.45, 7) is 1.03. The number of carbonyl (C=O) groups excluding carboxylic acids is 2. The Balaban J connectivity index is 1.49. The van der Waals surface area contributed by atoms with Gasteiger partial charge in [0.25, 0.3) is 5.91 Å². The van der Waals surface area contributed by atoms with Crippen LogP contribution in [-0.4, -0.2) is 36.1 Å². The van der Waals surface area contributed by atoms with E-state index in [0.29, 0.717) is 43.0 Å². The van der Waals surface area contributed by atoms with E-state index in [1.54, 1.807) is 6.07 Å². The summed E-state index contributed by atoms with van der Waals surface area (Å²) >= 11 is 0. The highest BCUT2D eigenvalue weighted by molar-refractivity contribution is 5.95. The van der Waals surface area contributed by atoms with E-state index < -0.39 is 6.04 Å². The van der Waals surface area contributed by atoms with Gasteiger partial charge in [0.1, 0.15) is 11.7 Å². The summed E-state index contributed by atoms with van der Waals surface area (Å²) in [5.41, 5.74) is 1.39. The Hall–Kier alpha value is -2.11. The van der Waals surface area contributed by atoms with Gasteiger partial charge in [-0.3, -0.25) is 4.79 Å². The molecule has 1 N–H and O–H groups in total. The third-order valence-electron chi connectivity index (χ3n) is 4.53. The molecule has 4 rings (SSSR count). The van der Waals surface area contributed by atoms with E-state index in [0.717, 1.165) is 18.4 Å². The molecule has 2 aliphatic carbocycles. The minimum atomic E-state index is -0.566. The molecule has 0 unspecified atom stereocenters. The lowest BCUT2D eigenvalue weighted by atomic mass is 10.1. The highest BCUT2D eigenvalue weighted by Crippen LogP contribution is 2.44. The van der Waals surface area contributed by atoms with Gasteiger partial charge in [-0.2, -0.15) is 0 Å². The highest BCUT2D eigenvalue weighted by atomic mass is 16.5. The topological polar surface area (TPSA) is 77.5 Å². The van der Waals surface area contributed by atoms with E-state index in [1.165, 1.54) is 12.8 Å². The van der Waals surface area contributed by atoms with Crippen LogP contribution in [0.2, 0.25) is 0 Å². The molecule has 0 spiro atoms. The summed E-state index contributed by atoms with van der Waals surface area (Å²) in [6, 6.07) is 3.09. The molecule has 1 aliphatic heterocycles. The fourth-order valence-corrected chi connectivity index (χ4v) is 2.74. The smallest absolute Gasteiger partial charge is 0.328 e. The van der Waals surface area contributed by atoms with Crippen molar-refractivity contribution in [3.8, 4) is 5.88 Å². The minimum absolute atomic E-state index is 0.292. The van der Waals surface area contributed by atoms with Gasteiger partial charge in [0, 0.05) is 12.0 Å². The monoisotopic (exact) mass is 316 g/mol. The average Bonchev–Trinajstić information content (AvgIpc) is 3.46. The van der Waals surface area contributed by atoms with E-state index in [2.05, 4.69) is 10.3 Å². The van der Waals surface area contributed by atoms with Crippen LogP contribution in [0.4, 0.5) is 0 Å². The van der Waals surface area contributed by atoms with E-state index in [-0.39, 0.29) is 11.9 Å². The second-order valence-corrected chi connectivity index (χ2v) is 6.60. The molecule has 3 fully saturated rings. The van der Waals surface area contributed by atoms with E-state index >= 15 is 0 Å². The molecule has 6 heteroatoms. The van der Waals surface area contributed by atoms with Crippen LogP contribution in [0.25, 0.3) is 0 Å². The molecular weight excluding hydrogens is 296 g/mol. The van der Waals surface area contributed by atoms with E-state index in [1.807, 2.05) is 6.07 Å². The van der Waals surface area contributed by atoms with Gasteiger partial charge in [-0.1, -0.05) is 6.07 Å². The van der Waals surface area contributed by atoms with Crippen molar-refractivity contribution in [2.75, 3.05) is 13.2 Å². The first-order valence-electron chi connectivity index (χ1n) is 8.32. The van der Waals surface area contributed by atoms with Crippen molar-refractivity contribution < 1.29 is 19.1 Å². The molecule has 2 saturated carbocycles. The van der Waals surface area contributed by atoms with Crippen molar-refractivity contribution >= 4 is 11.9 Å². The third kappa shape index (κ3) is 3.30. The first-order chi connectivity index (χ1) is 11.2. The Morgan fingerprint density at radius 2 is 2.09 bits per heavy atom. The second-order valence-electron chi connectivity index (χ2n) is 6.60. The molecule has 1 amide bonds. The summed E-state index contributed by atoms with van der Waals surface area (Å²) in [5.74, 6) is 1.000. The Kier molecular flexibility index (Phi) is 3.67. The molecule has 23 heavy (non-hydrogen) atoms. The van der Waals surface area contributed by atoms with Crippen LogP contribution >= 0.6 is 0 Å². The molecule has 0 radical (unpaired) electrons. The number of hydrogen-bond donors (Lipinski definition) is 1. The predicted octanol–water partition coefficient (Wildman–Crippen LogP) is 1.79. The van der Waals surface area contributed by atoms with E-state index in [4.69, 9.17) is 9.47 Å². The normalized spacial score (nSPS) is 23.5. The maximum Gasteiger partial charge on any atom is 0.328 e. The number of cyclic esters (lactones) is 1. The Morgan fingerprint density at radius 3 is 2.74 bits per heavy atom. The molecule has 1 saturated heterocycles. The fourth-order valence-electron chi connectivity index (χ4n) is 2.74. The minimum Gasteiger partial charge on any atom is -0.477 e. The quantitative estimate of drug-likeness (QED) is 0.810. The van der Waals surface area contributed by atoms with Gasteiger partial charge in [-0.05, 0) is 43.6 Å². The van der Waals surface area contributed by atoms with Crippen molar-refractivity contribution in [3.05, 3.63) is 23.4 Å². The number of amides is 1. The zero-order valence-corrected chi connectivity index (χ0v) is 12.9. The number of esters is 1. The van der Waals surface area contributed by atoms with Gasteiger partial charge < -0.3 is 14.8 Å². The second kappa shape index (κ2) is 5.83. The Bertz CT molecular complexity index is 637. The number of pyridine rings is 1. The fraction of sp³-hybridized carbons (Fsp3) is 0.588. The van der Waals surface area contributed by atoms with Crippen molar-refractivity contribution in [2.45, 2.75) is 44.1 Å². The predicted molar refractivity (Wildman–Crippen MR) is 81.3 cm³/mol. The molecule has 0 bridgehead atoms. The maximum atomic E-state index is 12.3. The van der Waals surface area contributed by atoms with Crippen molar-refractivity contribution in [1.82, 2.24) is 10.3 Å². The molecule has 1 atom stereocenters. The van der Waals surface area contributed by atoms with Crippen LogP contribution in [0.3, 0.4) is 0 Å². The molecular formula is C17H20N2O4. The van der Waals surface area contributed by atoms with Gasteiger partial charge in [0.15, 0.2) is 0 Å². The Morgan fingerprint density at radius 1 is 1.26 bits per heavy atom. The van der Waals surface area contributed by atoms with Crippen molar-refractivity contribution in [2.24, 2.45) is 5.92 Å². The van der Waals surface area contributed by atoms with Gasteiger partial charge in [-0.15, -0.1) is 0 Å². The summed E-state index contributed by atoms with van der Waals surface area (Å²) in [7, 11) is 0. The highest BCUT2D eigenvalue weighted by Gasteiger charge is 2.31. The van der Waals surface area contributed by atoms with E-state index in [9.17, 15) is 9.59 Å². The van der Waals surface area contributed by atoms with Crippen LogP contribution in [0.1, 0.15) is 54.1 Å². The summed E-state index contributed by atoms with van der Waals surface area (Å²) in [4.78, 5) is 28.2. The SMILES string of the molecule is O=C(N[C@H]1CCOC1=O)c1ccc(C2CC2)c(OCC2CC2)n1. The number of carbonyl (C=O) groups is 2. The molecule has 3 aliphatic rings. The van der Waals surface area contributed by atoms with Crippen LogP contribution in [0.15, 0.2) is 12.1 Å². The van der Waals surface area contributed by atoms with Gasteiger partial charge in [0.2, 0.25) is 5.88 Å². The number of nitrogens with zero attached hydrogens (tertiary/aromatic N) is 1. The molecule has 1 aromatic rings. The maximum absolute atomic E-state index is 12.3. The number of ether oxygens (including phenoxy) is 2. The van der Waals surface area contributed by atoms with Gasteiger partial charge in [-0.25, -0.2) is 9.78 Å². The first-order valence-corrected chi connectivity index (χ1v) is 8.32. The zero-order chi connectivity index (χ0) is 15.8. The summed E-state index contributed by atoms with van der Waals surface area (Å²) < 4.78 is 10.7. The molecule has 2 heterocycles. The van der Waals surface area contributed by atoms with Gasteiger partial charge in [0.05, 0.1) is 13.2 Å². The van der Waals surface area contributed by atoms with Crippen LogP contribution in [-0.2, 0) is 9.53 Å². The molecule has 1 aromatic heterocycles. The largest absolute Gasteiger partial charge is 0.477 e. The van der Waals surface area contributed by atoms with Crippen LogP contribution in [0, 0.1) is 5.92 Å². The lowest BCUT2D eigenvalue weighted by molar-refractivity contribution is -0.139. The number of nitrogens with one attached hydrogen (secondary N) is 1. The number of rotatable bonds is 6. The number of aromatic nitrogens is 1. The summed E-state index contributed by atoms with van der Waals surface area (Å²) in [6.07, 6.45) is 5.24. The van der Waals surface area contributed by atoms with Crippen molar-refractivity contribution in [3.63, 3.8) is 0 Å².